The number of amides is 1. The van der Waals surface area contributed by atoms with Crippen LogP contribution in [0.4, 0.5) is 0 Å². The number of fused-ring (bicyclic) bond motifs is 2. The van der Waals surface area contributed by atoms with Gasteiger partial charge >= 0.3 is 0 Å². The summed E-state index contributed by atoms with van der Waals surface area (Å²) in [6.07, 6.45) is 7.24. The minimum Gasteiger partial charge on any atom is -0.307 e. The number of nitrogens with zero attached hydrogens (tertiary/aromatic N) is 2. The summed E-state index contributed by atoms with van der Waals surface area (Å²) in [6.45, 7) is 0.141. The summed E-state index contributed by atoms with van der Waals surface area (Å²) in [6, 6.07) is 14.1. The van der Waals surface area contributed by atoms with Gasteiger partial charge in [-0.15, -0.1) is 0 Å². The molecule has 1 fully saturated rings. The van der Waals surface area contributed by atoms with Gasteiger partial charge in [0, 0.05) is 18.3 Å². The molecular formula is C20H21N3O2. The predicted octanol–water partition coefficient (Wildman–Crippen LogP) is 3.02. The Kier molecular flexibility index (Phi) is 4.34. The first kappa shape index (κ1) is 16.0. The summed E-state index contributed by atoms with van der Waals surface area (Å²) in [7, 11) is 0. The zero-order valence-electron chi connectivity index (χ0n) is 13.9. The summed E-state index contributed by atoms with van der Waals surface area (Å²) in [4.78, 5) is 16.7. The number of carbonyl (C=O) groups excluding carboxylic acids is 1. The molecule has 2 bridgehead atoms. The van der Waals surface area contributed by atoms with Gasteiger partial charge in [-0.05, 0) is 48.1 Å². The fourth-order valence-electron chi connectivity index (χ4n) is 3.64. The maximum Gasteiger partial charge on any atom is 0.296 e. The largest absolute Gasteiger partial charge is 0.307 e. The van der Waals surface area contributed by atoms with Crippen molar-refractivity contribution in [2.24, 2.45) is 0 Å². The van der Waals surface area contributed by atoms with E-state index in [9.17, 15) is 10.0 Å². The van der Waals surface area contributed by atoms with E-state index in [1.807, 2.05) is 36.4 Å². The van der Waals surface area contributed by atoms with E-state index in [1.54, 1.807) is 12.3 Å². The van der Waals surface area contributed by atoms with Crippen LogP contribution in [0.15, 0.2) is 54.7 Å². The molecule has 2 unspecified atom stereocenters. The highest BCUT2D eigenvalue weighted by atomic mass is 16.5. The van der Waals surface area contributed by atoms with Crippen LogP contribution in [0.1, 0.15) is 40.9 Å². The van der Waals surface area contributed by atoms with Gasteiger partial charge in [0.2, 0.25) is 0 Å². The molecule has 5 nitrogen and oxygen atoms in total. The second-order valence-electron chi connectivity index (χ2n) is 6.72. The Balaban J connectivity index is 1.52. The summed E-state index contributed by atoms with van der Waals surface area (Å²) in [5.74, 6) is -0.483. The molecule has 0 aliphatic carbocycles. The van der Waals surface area contributed by atoms with Crippen molar-refractivity contribution in [1.82, 2.24) is 15.4 Å². The number of pyridine rings is 1. The molecule has 5 heteroatoms. The number of nitrogens with one attached hydrogen (secondary N) is 1. The van der Waals surface area contributed by atoms with Gasteiger partial charge in [0.15, 0.2) is 0 Å². The minimum atomic E-state index is -0.483. The SMILES string of the molecule is O=C(c1cc(C2=CC3CCC(C2)N3)ccn1)N(O)Cc1ccccc1. The zero-order valence-corrected chi connectivity index (χ0v) is 13.9. The molecule has 2 aromatic rings. The fraction of sp³-hybridized carbons (Fsp3) is 0.300. The van der Waals surface area contributed by atoms with Crippen molar-refractivity contribution < 1.29 is 10.0 Å². The third kappa shape index (κ3) is 3.48. The van der Waals surface area contributed by atoms with Crippen LogP contribution in [0.3, 0.4) is 0 Å². The highest BCUT2D eigenvalue weighted by molar-refractivity contribution is 5.92. The number of aromatic nitrogens is 1. The summed E-state index contributed by atoms with van der Waals surface area (Å²) in [5.41, 5.74) is 3.41. The molecule has 128 valence electrons. The van der Waals surface area contributed by atoms with Crippen LogP contribution in [-0.2, 0) is 6.54 Å². The first-order chi connectivity index (χ1) is 12.2. The molecule has 3 heterocycles. The fourth-order valence-corrected chi connectivity index (χ4v) is 3.64. The van der Waals surface area contributed by atoms with E-state index in [0.29, 0.717) is 12.1 Å². The smallest absolute Gasteiger partial charge is 0.296 e. The molecule has 1 aromatic carbocycles. The molecular weight excluding hydrogens is 314 g/mol. The Morgan fingerprint density at radius 2 is 2.08 bits per heavy atom. The zero-order chi connectivity index (χ0) is 17.2. The molecule has 1 aromatic heterocycles. The van der Waals surface area contributed by atoms with Crippen molar-refractivity contribution in [2.45, 2.75) is 37.9 Å². The Bertz CT molecular complexity index is 804. The van der Waals surface area contributed by atoms with Gasteiger partial charge in [-0.3, -0.25) is 15.0 Å². The number of benzene rings is 1. The van der Waals surface area contributed by atoms with Gasteiger partial charge in [0.1, 0.15) is 5.69 Å². The van der Waals surface area contributed by atoms with Crippen LogP contribution in [0.25, 0.3) is 5.57 Å². The number of hydrogen-bond acceptors (Lipinski definition) is 4. The summed E-state index contributed by atoms with van der Waals surface area (Å²) in [5, 5.41) is 14.4. The Hall–Kier alpha value is -2.50. The Morgan fingerprint density at radius 1 is 1.24 bits per heavy atom. The lowest BCUT2D eigenvalue weighted by Gasteiger charge is -2.22. The van der Waals surface area contributed by atoms with E-state index < -0.39 is 5.91 Å². The van der Waals surface area contributed by atoms with Crippen LogP contribution in [0.5, 0.6) is 0 Å². The van der Waals surface area contributed by atoms with Gasteiger partial charge in [0.05, 0.1) is 6.54 Å². The molecule has 1 amide bonds. The van der Waals surface area contributed by atoms with Crippen molar-refractivity contribution in [2.75, 3.05) is 0 Å². The van der Waals surface area contributed by atoms with Gasteiger partial charge in [0.25, 0.3) is 5.91 Å². The second-order valence-corrected chi connectivity index (χ2v) is 6.72. The molecule has 2 atom stereocenters. The number of hydrogen-bond donors (Lipinski definition) is 2. The highest BCUT2D eigenvalue weighted by Crippen LogP contribution is 2.31. The Morgan fingerprint density at radius 3 is 2.88 bits per heavy atom. The molecule has 2 aliphatic heterocycles. The maximum absolute atomic E-state index is 12.5. The van der Waals surface area contributed by atoms with Crippen LogP contribution >= 0.6 is 0 Å². The van der Waals surface area contributed by atoms with E-state index in [1.165, 1.54) is 18.4 Å². The lowest BCUT2D eigenvalue weighted by molar-refractivity contribution is -0.0652. The molecule has 25 heavy (non-hydrogen) atoms. The normalized spacial score (nSPS) is 21.7. The first-order valence-electron chi connectivity index (χ1n) is 8.67. The average molecular weight is 335 g/mol. The maximum atomic E-state index is 12.5. The molecule has 4 rings (SSSR count). The highest BCUT2D eigenvalue weighted by Gasteiger charge is 2.28. The van der Waals surface area contributed by atoms with Crippen molar-refractivity contribution in [3.63, 3.8) is 0 Å². The summed E-state index contributed by atoms with van der Waals surface area (Å²) >= 11 is 0. The molecule has 0 radical (unpaired) electrons. The van der Waals surface area contributed by atoms with Gasteiger partial charge < -0.3 is 5.32 Å². The van der Waals surface area contributed by atoms with Crippen LogP contribution in [0, 0.1) is 0 Å². The summed E-state index contributed by atoms with van der Waals surface area (Å²) < 4.78 is 0. The van der Waals surface area contributed by atoms with E-state index in [0.717, 1.165) is 22.6 Å². The first-order valence-corrected chi connectivity index (χ1v) is 8.67. The van der Waals surface area contributed by atoms with Crippen LogP contribution in [0.2, 0.25) is 0 Å². The van der Waals surface area contributed by atoms with Crippen molar-refractivity contribution in [3.05, 3.63) is 71.6 Å². The standard InChI is InChI=1S/C20H21N3O2/c24-20(23(25)13-14-4-2-1-3-5-14)19-12-15(8-9-21-19)16-10-17-6-7-18(11-16)22-17/h1-5,8-10,12,17-18,22,25H,6-7,11,13H2. The minimum absolute atomic E-state index is 0.141. The van der Waals surface area contributed by atoms with E-state index in [-0.39, 0.29) is 12.2 Å². The predicted molar refractivity (Wildman–Crippen MR) is 94.9 cm³/mol. The van der Waals surface area contributed by atoms with Crippen molar-refractivity contribution in [3.8, 4) is 0 Å². The number of hydroxylamine groups is 2. The topological polar surface area (TPSA) is 65.5 Å². The Labute approximate surface area is 147 Å². The lowest BCUT2D eigenvalue weighted by Crippen LogP contribution is -2.32. The second kappa shape index (κ2) is 6.78. The molecule has 2 N–H and O–H groups in total. The monoisotopic (exact) mass is 335 g/mol. The molecule has 1 saturated heterocycles. The quantitative estimate of drug-likeness (QED) is 0.666. The van der Waals surface area contributed by atoms with E-state index in [4.69, 9.17) is 0 Å². The van der Waals surface area contributed by atoms with E-state index in [2.05, 4.69) is 16.4 Å². The number of rotatable bonds is 4. The van der Waals surface area contributed by atoms with Crippen molar-refractivity contribution >= 4 is 11.5 Å². The third-order valence-corrected chi connectivity index (χ3v) is 4.90. The molecule has 0 saturated carbocycles. The van der Waals surface area contributed by atoms with Crippen LogP contribution in [-0.4, -0.2) is 33.2 Å². The average Bonchev–Trinajstić information content (AvgIpc) is 2.99. The lowest BCUT2D eigenvalue weighted by atomic mass is 9.96. The van der Waals surface area contributed by atoms with Crippen molar-refractivity contribution in [1.29, 1.82) is 0 Å². The van der Waals surface area contributed by atoms with Gasteiger partial charge in [-0.2, -0.15) is 0 Å². The molecule has 0 spiro atoms. The molecule has 2 aliphatic rings. The van der Waals surface area contributed by atoms with Gasteiger partial charge in [-0.25, -0.2) is 5.06 Å². The number of carbonyl (C=O) groups is 1. The third-order valence-electron chi connectivity index (χ3n) is 4.90. The van der Waals surface area contributed by atoms with E-state index >= 15 is 0 Å². The van der Waals surface area contributed by atoms with Crippen LogP contribution < -0.4 is 5.32 Å². The van der Waals surface area contributed by atoms with Gasteiger partial charge in [-0.1, -0.05) is 36.4 Å².